The summed E-state index contributed by atoms with van der Waals surface area (Å²) >= 11 is 0. The van der Waals surface area contributed by atoms with E-state index < -0.39 is 34.4 Å². The van der Waals surface area contributed by atoms with Crippen molar-refractivity contribution >= 4 is 16.0 Å². The molecule has 20 heavy (non-hydrogen) atoms. The smallest absolute Gasteiger partial charge is 0.318 e. The lowest BCUT2D eigenvalue weighted by atomic mass is 10.3. The van der Waals surface area contributed by atoms with Gasteiger partial charge in [0.1, 0.15) is 6.54 Å². The van der Waals surface area contributed by atoms with Crippen LogP contribution in [-0.4, -0.2) is 43.5 Å². The van der Waals surface area contributed by atoms with Crippen molar-refractivity contribution in [3.63, 3.8) is 0 Å². The number of hydrogen-bond acceptors (Lipinski definition) is 4. The van der Waals surface area contributed by atoms with E-state index in [1.165, 1.54) is 7.11 Å². The molecule has 0 saturated heterocycles. The second-order valence-electron chi connectivity index (χ2n) is 4.33. The number of nitrogens with zero attached hydrogens (tertiary/aromatic N) is 1. The van der Waals surface area contributed by atoms with Gasteiger partial charge in [0.15, 0.2) is 11.6 Å². The van der Waals surface area contributed by atoms with Gasteiger partial charge in [0.25, 0.3) is 0 Å². The van der Waals surface area contributed by atoms with Crippen LogP contribution in [0.4, 0.5) is 4.39 Å². The van der Waals surface area contributed by atoms with E-state index in [4.69, 9.17) is 9.84 Å². The van der Waals surface area contributed by atoms with Gasteiger partial charge < -0.3 is 9.84 Å². The first-order valence-electron chi connectivity index (χ1n) is 5.77. The van der Waals surface area contributed by atoms with Gasteiger partial charge >= 0.3 is 5.97 Å². The minimum atomic E-state index is -4.04. The molecule has 0 heterocycles. The van der Waals surface area contributed by atoms with E-state index in [1.54, 1.807) is 13.8 Å². The number of rotatable bonds is 6. The molecule has 8 heteroatoms. The Morgan fingerprint density at radius 3 is 2.50 bits per heavy atom. The number of halogens is 1. The Morgan fingerprint density at radius 1 is 1.45 bits per heavy atom. The Bertz CT molecular complexity index is 600. The Kier molecular flexibility index (Phi) is 5.07. The summed E-state index contributed by atoms with van der Waals surface area (Å²) in [6.45, 7) is 2.45. The fourth-order valence-corrected chi connectivity index (χ4v) is 3.22. The minimum absolute atomic E-state index is 0.217. The van der Waals surface area contributed by atoms with Crippen molar-refractivity contribution in [2.75, 3.05) is 13.7 Å². The Hall–Kier alpha value is -1.67. The number of carboxylic acids is 1. The molecule has 6 nitrogen and oxygen atoms in total. The van der Waals surface area contributed by atoms with Crippen LogP contribution in [0.1, 0.15) is 13.8 Å². The predicted molar refractivity (Wildman–Crippen MR) is 69.6 cm³/mol. The monoisotopic (exact) mass is 305 g/mol. The zero-order chi connectivity index (χ0) is 15.5. The summed E-state index contributed by atoms with van der Waals surface area (Å²) in [6.07, 6.45) is 0. The van der Waals surface area contributed by atoms with Crippen molar-refractivity contribution in [1.29, 1.82) is 0 Å². The average Bonchev–Trinajstić information content (AvgIpc) is 2.35. The van der Waals surface area contributed by atoms with Gasteiger partial charge in [-0.3, -0.25) is 4.79 Å². The molecule has 0 radical (unpaired) electrons. The van der Waals surface area contributed by atoms with E-state index in [9.17, 15) is 17.6 Å². The molecular formula is C12H16FNO5S. The fourth-order valence-electron chi connectivity index (χ4n) is 1.61. The molecule has 1 N–H and O–H groups in total. The average molecular weight is 305 g/mol. The highest BCUT2D eigenvalue weighted by Crippen LogP contribution is 2.24. The molecule has 0 aliphatic rings. The summed E-state index contributed by atoms with van der Waals surface area (Å²) in [7, 11) is -2.82. The first kappa shape index (κ1) is 16.4. The highest BCUT2D eigenvalue weighted by Gasteiger charge is 2.29. The molecular weight excluding hydrogens is 289 g/mol. The van der Waals surface area contributed by atoms with Crippen molar-refractivity contribution in [3.05, 3.63) is 24.0 Å². The van der Waals surface area contributed by atoms with Crippen LogP contribution in [0.5, 0.6) is 5.75 Å². The first-order chi connectivity index (χ1) is 9.20. The van der Waals surface area contributed by atoms with Crippen LogP contribution in [0, 0.1) is 5.82 Å². The number of carboxylic acid groups (broad SMARTS) is 1. The van der Waals surface area contributed by atoms with Crippen LogP contribution in [0.3, 0.4) is 0 Å². The maximum Gasteiger partial charge on any atom is 0.318 e. The molecule has 1 aromatic rings. The van der Waals surface area contributed by atoms with Gasteiger partial charge in [0, 0.05) is 12.1 Å². The highest BCUT2D eigenvalue weighted by atomic mass is 32.2. The van der Waals surface area contributed by atoms with Gasteiger partial charge in [-0.05, 0) is 26.0 Å². The molecule has 0 atom stereocenters. The zero-order valence-electron chi connectivity index (χ0n) is 11.3. The van der Waals surface area contributed by atoms with Crippen LogP contribution in [0.15, 0.2) is 23.1 Å². The van der Waals surface area contributed by atoms with E-state index in [0.29, 0.717) is 0 Å². The zero-order valence-corrected chi connectivity index (χ0v) is 12.1. The van der Waals surface area contributed by atoms with Crippen LogP contribution >= 0.6 is 0 Å². The maximum absolute atomic E-state index is 13.3. The molecule has 0 unspecified atom stereocenters. The molecule has 0 spiro atoms. The Balaban J connectivity index is 3.29. The summed E-state index contributed by atoms with van der Waals surface area (Å²) in [6, 6.07) is 2.52. The minimum Gasteiger partial charge on any atom is -0.494 e. The molecule has 0 aliphatic heterocycles. The Labute approximate surface area is 116 Å². The maximum atomic E-state index is 13.3. The number of carbonyl (C=O) groups is 1. The highest BCUT2D eigenvalue weighted by molar-refractivity contribution is 7.89. The topological polar surface area (TPSA) is 83.9 Å². The normalized spacial score (nSPS) is 11.9. The molecule has 0 fully saturated rings. The summed E-state index contributed by atoms with van der Waals surface area (Å²) in [5.74, 6) is -2.18. The SMILES string of the molecule is COc1cc(S(=O)(=O)N(CC(=O)O)C(C)C)ccc1F. The van der Waals surface area contributed by atoms with E-state index in [2.05, 4.69) is 0 Å². The van der Waals surface area contributed by atoms with Crippen LogP contribution in [0.2, 0.25) is 0 Å². The van der Waals surface area contributed by atoms with Crippen LogP contribution in [-0.2, 0) is 14.8 Å². The largest absolute Gasteiger partial charge is 0.494 e. The van der Waals surface area contributed by atoms with Crippen molar-refractivity contribution in [3.8, 4) is 5.75 Å². The van der Waals surface area contributed by atoms with E-state index >= 15 is 0 Å². The number of methoxy groups -OCH3 is 1. The third-order valence-corrected chi connectivity index (χ3v) is 4.61. The lowest BCUT2D eigenvalue weighted by Gasteiger charge is -2.24. The van der Waals surface area contributed by atoms with E-state index in [-0.39, 0.29) is 10.6 Å². The number of ether oxygens (including phenoxy) is 1. The van der Waals surface area contributed by atoms with Crippen molar-refractivity contribution in [1.82, 2.24) is 4.31 Å². The second kappa shape index (κ2) is 6.19. The predicted octanol–water partition coefficient (Wildman–Crippen LogP) is 1.32. The Morgan fingerprint density at radius 2 is 2.05 bits per heavy atom. The molecule has 0 saturated carbocycles. The van der Waals surface area contributed by atoms with Gasteiger partial charge in [-0.15, -0.1) is 0 Å². The molecule has 1 rings (SSSR count). The number of sulfonamides is 1. The lowest BCUT2D eigenvalue weighted by Crippen LogP contribution is -2.40. The van der Waals surface area contributed by atoms with Crippen LogP contribution < -0.4 is 4.74 Å². The second-order valence-corrected chi connectivity index (χ2v) is 6.22. The van der Waals surface area contributed by atoms with Gasteiger partial charge in [-0.2, -0.15) is 4.31 Å². The van der Waals surface area contributed by atoms with Crippen molar-refractivity contribution in [2.24, 2.45) is 0 Å². The third kappa shape index (κ3) is 3.45. The van der Waals surface area contributed by atoms with Crippen molar-refractivity contribution in [2.45, 2.75) is 24.8 Å². The molecule has 0 aliphatic carbocycles. The van der Waals surface area contributed by atoms with Gasteiger partial charge in [0.05, 0.1) is 12.0 Å². The fraction of sp³-hybridized carbons (Fsp3) is 0.417. The van der Waals surface area contributed by atoms with Gasteiger partial charge in [-0.25, -0.2) is 12.8 Å². The quantitative estimate of drug-likeness (QED) is 0.857. The van der Waals surface area contributed by atoms with E-state index in [0.717, 1.165) is 22.5 Å². The molecule has 0 bridgehead atoms. The van der Waals surface area contributed by atoms with Crippen LogP contribution in [0.25, 0.3) is 0 Å². The summed E-state index contributed by atoms with van der Waals surface area (Å²) in [5, 5.41) is 8.80. The standard InChI is InChI=1S/C12H16FNO5S/c1-8(2)14(7-12(15)16)20(17,18)9-4-5-10(13)11(6-9)19-3/h4-6,8H,7H2,1-3H3,(H,15,16). The van der Waals surface area contributed by atoms with Crippen molar-refractivity contribution < 1.29 is 27.4 Å². The van der Waals surface area contributed by atoms with Gasteiger partial charge in [-0.1, -0.05) is 0 Å². The third-order valence-electron chi connectivity index (χ3n) is 2.60. The summed E-state index contributed by atoms with van der Waals surface area (Å²) in [5.41, 5.74) is 0. The molecule has 1 aromatic carbocycles. The lowest BCUT2D eigenvalue weighted by molar-refractivity contribution is -0.137. The van der Waals surface area contributed by atoms with E-state index in [1.807, 2.05) is 0 Å². The van der Waals surface area contributed by atoms with Gasteiger partial charge in [0.2, 0.25) is 10.0 Å². The summed E-state index contributed by atoms with van der Waals surface area (Å²) < 4.78 is 43.6. The first-order valence-corrected chi connectivity index (χ1v) is 7.21. The molecule has 0 amide bonds. The number of aliphatic carboxylic acids is 1. The molecule has 112 valence electrons. The number of benzene rings is 1. The molecule has 0 aromatic heterocycles. The number of hydrogen-bond donors (Lipinski definition) is 1. The summed E-state index contributed by atoms with van der Waals surface area (Å²) in [4.78, 5) is 10.6.